The van der Waals surface area contributed by atoms with E-state index in [-0.39, 0.29) is 24.4 Å². The zero-order valence-electron chi connectivity index (χ0n) is 10.5. The van der Waals surface area contributed by atoms with Gasteiger partial charge in [0.1, 0.15) is 0 Å². The highest BCUT2D eigenvalue weighted by Gasteiger charge is 2.36. The van der Waals surface area contributed by atoms with Crippen LogP contribution in [0, 0.1) is 5.92 Å². The Bertz CT molecular complexity index is 382. The second-order valence-corrected chi connectivity index (χ2v) is 5.09. The molecule has 2 aliphatic heterocycles. The molecule has 6 heteroatoms. The largest absolute Gasteiger partial charge is 0.481 e. The average Bonchev–Trinajstić information content (AvgIpc) is 2.33. The molecule has 1 N–H and O–H groups in total. The molecule has 0 aromatic heterocycles. The molecule has 0 radical (unpaired) electrons. The summed E-state index contributed by atoms with van der Waals surface area (Å²) in [6.45, 7) is 0.789. The molecule has 18 heavy (non-hydrogen) atoms. The molecule has 0 aromatic rings. The Morgan fingerprint density at radius 2 is 1.83 bits per heavy atom. The van der Waals surface area contributed by atoms with Gasteiger partial charge in [0.25, 0.3) is 0 Å². The summed E-state index contributed by atoms with van der Waals surface area (Å²) in [5.41, 5.74) is 0. The number of piperidine rings is 2. The van der Waals surface area contributed by atoms with E-state index in [4.69, 9.17) is 5.11 Å². The van der Waals surface area contributed by atoms with Crippen molar-refractivity contribution in [3.63, 3.8) is 0 Å². The highest BCUT2D eigenvalue weighted by atomic mass is 16.4. The molecule has 2 saturated heterocycles. The fourth-order valence-electron chi connectivity index (χ4n) is 2.67. The van der Waals surface area contributed by atoms with Crippen LogP contribution in [0.2, 0.25) is 0 Å². The first-order valence-electron chi connectivity index (χ1n) is 6.25. The van der Waals surface area contributed by atoms with Crippen molar-refractivity contribution in [1.82, 2.24) is 9.80 Å². The van der Waals surface area contributed by atoms with Crippen LogP contribution in [0.1, 0.15) is 25.7 Å². The van der Waals surface area contributed by atoms with E-state index >= 15 is 0 Å². The third-order valence-corrected chi connectivity index (χ3v) is 3.84. The van der Waals surface area contributed by atoms with Gasteiger partial charge in [0, 0.05) is 39.0 Å². The highest BCUT2D eigenvalue weighted by Crippen LogP contribution is 2.24. The lowest BCUT2D eigenvalue weighted by Crippen LogP contribution is -2.54. The van der Waals surface area contributed by atoms with Gasteiger partial charge in [-0.05, 0) is 12.8 Å². The maximum Gasteiger partial charge on any atom is 0.308 e. The number of carbonyl (C=O) groups excluding carboxylic acids is 2. The van der Waals surface area contributed by atoms with Gasteiger partial charge in [-0.1, -0.05) is 0 Å². The van der Waals surface area contributed by atoms with Gasteiger partial charge in [0.05, 0.1) is 5.92 Å². The van der Waals surface area contributed by atoms with Crippen molar-refractivity contribution >= 4 is 17.8 Å². The van der Waals surface area contributed by atoms with Crippen molar-refractivity contribution in [1.29, 1.82) is 0 Å². The molecule has 6 nitrogen and oxygen atoms in total. The Hall–Kier alpha value is -1.59. The van der Waals surface area contributed by atoms with Crippen LogP contribution in [0.15, 0.2) is 0 Å². The van der Waals surface area contributed by atoms with Gasteiger partial charge in [-0.25, -0.2) is 0 Å². The monoisotopic (exact) mass is 254 g/mol. The Labute approximate surface area is 106 Å². The number of hydrogen-bond acceptors (Lipinski definition) is 3. The van der Waals surface area contributed by atoms with E-state index in [1.54, 1.807) is 16.8 Å². The standard InChI is InChI=1S/C12H18N2O4/c1-13-7-9(3-5-10(13)15)14-6-8(12(17)18)2-4-11(14)16/h8-9H,2-7H2,1H3,(H,17,18). The summed E-state index contributed by atoms with van der Waals surface area (Å²) in [6, 6.07) is -0.0256. The van der Waals surface area contributed by atoms with Crippen LogP contribution in [0.3, 0.4) is 0 Å². The molecule has 0 saturated carbocycles. The minimum absolute atomic E-state index is 0.0141. The van der Waals surface area contributed by atoms with Gasteiger partial charge in [-0.2, -0.15) is 0 Å². The number of rotatable bonds is 2. The number of nitrogens with zero attached hydrogens (tertiary/aromatic N) is 2. The smallest absolute Gasteiger partial charge is 0.308 e. The molecule has 0 bridgehead atoms. The first kappa shape index (κ1) is 12.9. The lowest BCUT2D eigenvalue weighted by molar-refractivity contribution is -0.151. The zero-order valence-corrected chi connectivity index (χ0v) is 10.5. The van der Waals surface area contributed by atoms with Gasteiger partial charge in [0.15, 0.2) is 0 Å². The van der Waals surface area contributed by atoms with Gasteiger partial charge < -0.3 is 14.9 Å². The van der Waals surface area contributed by atoms with Crippen molar-refractivity contribution < 1.29 is 19.5 Å². The topological polar surface area (TPSA) is 77.9 Å². The van der Waals surface area contributed by atoms with E-state index in [9.17, 15) is 14.4 Å². The van der Waals surface area contributed by atoms with Crippen LogP contribution in [0.4, 0.5) is 0 Å². The Morgan fingerprint density at radius 1 is 1.17 bits per heavy atom. The number of aliphatic carboxylic acids is 1. The van der Waals surface area contributed by atoms with Gasteiger partial charge in [0.2, 0.25) is 11.8 Å². The summed E-state index contributed by atoms with van der Waals surface area (Å²) in [5.74, 6) is -1.20. The Balaban J connectivity index is 2.04. The maximum absolute atomic E-state index is 11.9. The van der Waals surface area contributed by atoms with E-state index in [0.717, 1.165) is 0 Å². The lowest BCUT2D eigenvalue weighted by atomic mass is 9.94. The third kappa shape index (κ3) is 2.47. The van der Waals surface area contributed by atoms with Crippen molar-refractivity contribution in [2.75, 3.05) is 20.1 Å². The molecule has 2 atom stereocenters. The lowest BCUT2D eigenvalue weighted by Gasteiger charge is -2.41. The second kappa shape index (κ2) is 4.96. The number of likely N-dealkylation sites (N-methyl/N-ethyl adjacent to an activating group) is 1. The van der Waals surface area contributed by atoms with Crippen molar-refractivity contribution in [2.24, 2.45) is 5.92 Å². The van der Waals surface area contributed by atoms with E-state index in [2.05, 4.69) is 0 Å². The molecule has 100 valence electrons. The van der Waals surface area contributed by atoms with E-state index < -0.39 is 11.9 Å². The number of carbonyl (C=O) groups is 3. The number of carboxylic acids is 1. The quantitative estimate of drug-likeness (QED) is 0.748. The fourth-order valence-corrected chi connectivity index (χ4v) is 2.67. The van der Waals surface area contributed by atoms with Crippen LogP contribution < -0.4 is 0 Å². The molecule has 2 rings (SSSR count). The van der Waals surface area contributed by atoms with Crippen LogP contribution >= 0.6 is 0 Å². The van der Waals surface area contributed by atoms with Crippen LogP contribution in [0.25, 0.3) is 0 Å². The Kier molecular flexibility index (Phi) is 3.54. The Morgan fingerprint density at radius 3 is 2.44 bits per heavy atom. The summed E-state index contributed by atoms with van der Waals surface area (Å²) in [5, 5.41) is 9.03. The van der Waals surface area contributed by atoms with E-state index in [1.807, 2.05) is 0 Å². The van der Waals surface area contributed by atoms with Crippen LogP contribution in [0.5, 0.6) is 0 Å². The predicted octanol–water partition coefficient (Wildman–Crippen LogP) is -0.0696. The SMILES string of the molecule is CN1CC(N2CC(C(=O)O)CCC2=O)CCC1=O. The zero-order chi connectivity index (χ0) is 13.3. The predicted molar refractivity (Wildman–Crippen MR) is 62.7 cm³/mol. The summed E-state index contributed by atoms with van der Waals surface area (Å²) >= 11 is 0. The molecule has 0 aliphatic carbocycles. The molecule has 0 aromatic carbocycles. The molecule has 2 unspecified atom stereocenters. The molecular formula is C12H18N2O4. The van der Waals surface area contributed by atoms with Gasteiger partial charge in [-0.3, -0.25) is 14.4 Å². The number of likely N-dealkylation sites (tertiary alicyclic amines) is 2. The summed E-state index contributed by atoms with van der Waals surface area (Å²) in [4.78, 5) is 37.6. The first-order chi connectivity index (χ1) is 8.49. The van der Waals surface area contributed by atoms with Crippen molar-refractivity contribution in [2.45, 2.75) is 31.7 Å². The summed E-state index contributed by atoms with van der Waals surface area (Å²) in [7, 11) is 1.72. The highest BCUT2D eigenvalue weighted by molar-refractivity contribution is 5.81. The van der Waals surface area contributed by atoms with Crippen molar-refractivity contribution in [3.8, 4) is 0 Å². The molecule has 2 fully saturated rings. The third-order valence-electron chi connectivity index (χ3n) is 3.84. The van der Waals surface area contributed by atoms with E-state index in [1.165, 1.54) is 0 Å². The van der Waals surface area contributed by atoms with Crippen LogP contribution in [-0.4, -0.2) is 58.9 Å². The number of amides is 2. The van der Waals surface area contributed by atoms with Gasteiger partial charge >= 0.3 is 5.97 Å². The summed E-state index contributed by atoms with van der Waals surface area (Å²) in [6.07, 6.45) is 1.79. The molecule has 2 aliphatic rings. The molecule has 2 amide bonds. The van der Waals surface area contributed by atoms with Gasteiger partial charge in [-0.15, -0.1) is 0 Å². The number of carboxylic acid groups (broad SMARTS) is 1. The molecule has 0 spiro atoms. The normalized spacial score (nSPS) is 29.6. The minimum atomic E-state index is -0.840. The maximum atomic E-state index is 11.9. The first-order valence-corrected chi connectivity index (χ1v) is 6.25. The van der Waals surface area contributed by atoms with Crippen LogP contribution in [-0.2, 0) is 14.4 Å². The van der Waals surface area contributed by atoms with Crippen molar-refractivity contribution in [3.05, 3.63) is 0 Å². The molecular weight excluding hydrogens is 236 g/mol. The minimum Gasteiger partial charge on any atom is -0.481 e. The molecule has 2 heterocycles. The number of hydrogen-bond donors (Lipinski definition) is 1. The summed E-state index contributed by atoms with van der Waals surface area (Å²) < 4.78 is 0. The van der Waals surface area contributed by atoms with E-state index in [0.29, 0.717) is 32.2 Å². The average molecular weight is 254 g/mol. The second-order valence-electron chi connectivity index (χ2n) is 5.09. The fraction of sp³-hybridized carbons (Fsp3) is 0.750.